The standard InChI is InChI=1S/C20H31N5O2.2CH2O2/c26-19(24-11-9-23(10-12-24)18-5-1-4-8-21-18)22-17-20(6-2-3-7-20)25-13-15-27-16-14-25;2*2-1-3/h1,4-5,8H,2-3,6-7,9-17H2,(H,22,26);2*1H,(H,2,3). The molecule has 0 radical (unpaired) electrons. The number of rotatable bonds is 4. The quantitative estimate of drug-likeness (QED) is 0.556. The van der Waals surface area contributed by atoms with Crippen molar-refractivity contribution in [1.29, 1.82) is 0 Å². The highest BCUT2D eigenvalue weighted by molar-refractivity contribution is 5.74. The van der Waals surface area contributed by atoms with Crippen molar-refractivity contribution in [2.24, 2.45) is 0 Å². The third kappa shape index (κ3) is 7.86. The van der Waals surface area contributed by atoms with Crippen LogP contribution in [0.25, 0.3) is 0 Å². The van der Waals surface area contributed by atoms with Crippen LogP contribution in [-0.4, -0.2) is 109 Å². The average molecular weight is 466 g/mol. The van der Waals surface area contributed by atoms with Crippen LogP contribution in [0.2, 0.25) is 0 Å². The number of carboxylic acid groups (broad SMARTS) is 2. The molecule has 1 aliphatic carbocycles. The van der Waals surface area contributed by atoms with Crippen molar-refractivity contribution in [3.8, 4) is 0 Å². The Morgan fingerprint density at radius 3 is 2.18 bits per heavy atom. The fraction of sp³-hybridized carbons (Fsp3) is 0.636. The van der Waals surface area contributed by atoms with Gasteiger partial charge >= 0.3 is 6.03 Å². The Kier molecular flexibility index (Phi) is 11.4. The first-order chi connectivity index (χ1) is 16.1. The Bertz CT molecular complexity index is 696. The van der Waals surface area contributed by atoms with E-state index in [1.165, 1.54) is 25.7 Å². The Balaban J connectivity index is 0.000000582. The fourth-order valence-electron chi connectivity index (χ4n) is 4.71. The number of amides is 2. The van der Waals surface area contributed by atoms with Gasteiger partial charge < -0.3 is 30.1 Å². The van der Waals surface area contributed by atoms with Crippen LogP contribution >= 0.6 is 0 Å². The van der Waals surface area contributed by atoms with Crippen molar-refractivity contribution >= 4 is 24.8 Å². The van der Waals surface area contributed by atoms with E-state index in [-0.39, 0.29) is 24.5 Å². The number of anilines is 1. The second-order valence-corrected chi connectivity index (χ2v) is 8.06. The summed E-state index contributed by atoms with van der Waals surface area (Å²) in [5, 5.41) is 17.0. The van der Waals surface area contributed by atoms with Crippen LogP contribution in [0.5, 0.6) is 0 Å². The molecular formula is C22H35N5O6. The molecule has 11 nitrogen and oxygen atoms in total. The molecule has 3 N–H and O–H groups in total. The summed E-state index contributed by atoms with van der Waals surface area (Å²) >= 11 is 0. The van der Waals surface area contributed by atoms with Crippen LogP contribution in [0, 0.1) is 0 Å². The lowest BCUT2D eigenvalue weighted by Crippen LogP contribution is -2.59. The number of piperazine rings is 1. The van der Waals surface area contributed by atoms with E-state index in [4.69, 9.17) is 24.5 Å². The number of pyridine rings is 1. The maximum atomic E-state index is 12.8. The predicted octanol–water partition coefficient (Wildman–Crippen LogP) is 0.960. The molecule has 11 heteroatoms. The van der Waals surface area contributed by atoms with Gasteiger partial charge in [0, 0.05) is 57.5 Å². The minimum Gasteiger partial charge on any atom is -0.483 e. The Hall–Kier alpha value is -2.92. The van der Waals surface area contributed by atoms with Gasteiger partial charge in [0.2, 0.25) is 0 Å². The normalized spacial score (nSPS) is 19.9. The van der Waals surface area contributed by atoms with Crippen molar-refractivity contribution in [2.75, 3.05) is 63.9 Å². The van der Waals surface area contributed by atoms with Gasteiger partial charge in [-0.1, -0.05) is 18.9 Å². The number of nitrogens with one attached hydrogen (secondary N) is 1. The number of carbonyl (C=O) groups excluding carboxylic acids is 1. The Morgan fingerprint density at radius 1 is 1.03 bits per heavy atom. The molecule has 3 heterocycles. The number of aromatic nitrogens is 1. The van der Waals surface area contributed by atoms with Gasteiger partial charge in [-0.25, -0.2) is 9.78 Å². The van der Waals surface area contributed by atoms with E-state index in [0.29, 0.717) is 0 Å². The lowest BCUT2D eigenvalue weighted by Gasteiger charge is -2.44. The molecule has 4 rings (SSSR count). The molecule has 1 aromatic heterocycles. The second-order valence-electron chi connectivity index (χ2n) is 8.06. The number of urea groups is 1. The second kappa shape index (κ2) is 14.3. The van der Waals surface area contributed by atoms with Crippen LogP contribution in [-0.2, 0) is 14.3 Å². The Labute approximate surface area is 194 Å². The maximum absolute atomic E-state index is 12.8. The molecule has 2 aliphatic heterocycles. The highest BCUT2D eigenvalue weighted by atomic mass is 16.5. The van der Waals surface area contributed by atoms with Gasteiger partial charge in [-0.05, 0) is 25.0 Å². The van der Waals surface area contributed by atoms with Crippen LogP contribution in [0.1, 0.15) is 25.7 Å². The first-order valence-corrected chi connectivity index (χ1v) is 11.3. The number of morpholine rings is 1. The van der Waals surface area contributed by atoms with Crippen LogP contribution < -0.4 is 10.2 Å². The molecule has 3 aliphatic rings. The molecule has 0 bridgehead atoms. The van der Waals surface area contributed by atoms with Gasteiger partial charge in [-0.3, -0.25) is 14.5 Å². The minimum absolute atomic E-state index is 0.0789. The molecular weight excluding hydrogens is 430 g/mol. The van der Waals surface area contributed by atoms with E-state index in [9.17, 15) is 4.79 Å². The lowest BCUT2D eigenvalue weighted by atomic mass is 9.94. The zero-order valence-corrected chi connectivity index (χ0v) is 19.0. The van der Waals surface area contributed by atoms with E-state index >= 15 is 0 Å². The number of hydrogen-bond acceptors (Lipinski definition) is 7. The summed E-state index contributed by atoms with van der Waals surface area (Å²) in [6.07, 6.45) is 6.70. The van der Waals surface area contributed by atoms with Gasteiger partial charge in [0.05, 0.1) is 13.2 Å². The number of ether oxygens (including phenoxy) is 1. The van der Waals surface area contributed by atoms with Crippen molar-refractivity contribution in [3.05, 3.63) is 24.4 Å². The minimum atomic E-state index is -0.250. The topological polar surface area (TPSA) is 136 Å². The van der Waals surface area contributed by atoms with Crippen molar-refractivity contribution in [2.45, 2.75) is 31.2 Å². The molecule has 1 saturated carbocycles. The van der Waals surface area contributed by atoms with E-state index in [1.54, 1.807) is 0 Å². The van der Waals surface area contributed by atoms with Crippen LogP contribution in [0.4, 0.5) is 10.6 Å². The molecule has 1 aromatic rings. The van der Waals surface area contributed by atoms with E-state index in [0.717, 1.165) is 64.8 Å². The third-order valence-corrected chi connectivity index (χ3v) is 6.33. The smallest absolute Gasteiger partial charge is 0.317 e. The van der Waals surface area contributed by atoms with Gasteiger partial charge in [0.25, 0.3) is 12.9 Å². The highest BCUT2D eigenvalue weighted by Crippen LogP contribution is 2.35. The van der Waals surface area contributed by atoms with E-state index < -0.39 is 0 Å². The molecule has 0 aromatic carbocycles. The molecule has 0 atom stereocenters. The number of carbonyl (C=O) groups is 3. The summed E-state index contributed by atoms with van der Waals surface area (Å²) in [6, 6.07) is 6.05. The molecule has 2 amide bonds. The summed E-state index contributed by atoms with van der Waals surface area (Å²) in [5.41, 5.74) is 0.134. The SMILES string of the molecule is O=C(NCC1(N2CCOCC2)CCCC1)N1CCN(c2ccccn2)CC1.O=CO.O=CO. The van der Waals surface area contributed by atoms with E-state index in [2.05, 4.69) is 20.1 Å². The number of nitrogens with zero attached hydrogens (tertiary/aromatic N) is 4. The summed E-state index contributed by atoms with van der Waals surface area (Å²) in [4.78, 5) is 40.6. The maximum Gasteiger partial charge on any atom is 0.317 e. The molecule has 3 fully saturated rings. The summed E-state index contributed by atoms with van der Waals surface area (Å²) in [6.45, 7) is 7.00. The summed E-state index contributed by atoms with van der Waals surface area (Å²) < 4.78 is 5.52. The molecule has 0 unspecified atom stereocenters. The zero-order chi connectivity index (χ0) is 23.9. The first kappa shape index (κ1) is 26.3. The Morgan fingerprint density at radius 2 is 1.64 bits per heavy atom. The summed E-state index contributed by atoms with van der Waals surface area (Å²) in [7, 11) is 0. The van der Waals surface area contributed by atoms with Gasteiger partial charge in [0.1, 0.15) is 5.82 Å². The molecule has 2 saturated heterocycles. The van der Waals surface area contributed by atoms with Crippen LogP contribution in [0.3, 0.4) is 0 Å². The molecule has 184 valence electrons. The van der Waals surface area contributed by atoms with Gasteiger partial charge in [-0.2, -0.15) is 0 Å². The lowest BCUT2D eigenvalue weighted by molar-refractivity contribution is -0.123. The molecule has 0 spiro atoms. The fourth-order valence-corrected chi connectivity index (χ4v) is 4.71. The predicted molar refractivity (Wildman–Crippen MR) is 122 cm³/mol. The van der Waals surface area contributed by atoms with Crippen molar-refractivity contribution < 1.29 is 29.3 Å². The zero-order valence-electron chi connectivity index (χ0n) is 19.0. The van der Waals surface area contributed by atoms with Crippen molar-refractivity contribution in [1.82, 2.24) is 20.1 Å². The molecule has 33 heavy (non-hydrogen) atoms. The van der Waals surface area contributed by atoms with Crippen molar-refractivity contribution in [3.63, 3.8) is 0 Å². The highest BCUT2D eigenvalue weighted by Gasteiger charge is 2.40. The first-order valence-electron chi connectivity index (χ1n) is 11.3. The third-order valence-electron chi connectivity index (χ3n) is 6.33. The van der Waals surface area contributed by atoms with Gasteiger partial charge in [0.15, 0.2) is 0 Å². The van der Waals surface area contributed by atoms with Crippen LogP contribution in [0.15, 0.2) is 24.4 Å². The summed E-state index contributed by atoms with van der Waals surface area (Å²) in [5.74, 6) is 0.995. The monoisotopic (exact) mass is 465 g/mol. The van der Waals surface area contributed by atoms with E-state index in [1.807, 2.05) is 29.3 Å². The average Bonchev–Trinajstić information content (AvgIpc) is 3.35. The van der Waals surface area contributed by atoms with Gasteiger partial charge in [-0.15, -0.1) is 0 Å². The largest absolute Gasteiger partial charge is 0.483 e. The number of hydrogen-bond donors (Lipinski definition) is 3.